The molecule has 1 saturated heterocycles. The number of benzene rings is 1. The maximum absolute atomic E-state index is 12.4. The van der Waals surface area contributed by atoms with Gasteiger partial charge in [-0.15, -0.1) is 11.8 Å². The van der Waals surface area contributed by atoms with Gasteiger partial charge in [-0.05, 0) is 37.3 Å². The van der Waals surface area contributed by atoms with Gasteiger partial charge in [0.05, 0.1) is 15.6 Å². The van der Waals surface area contributed by atoms with E-state index in [9.17, 15) is 19.7 Å². The topological polar surface area (TPSA) is 101 Å². The van der Waals surface area contributed by atoms with Crippen LogP contribution in [-0.2, 0) is 9.59 Å². The molecule has 1 aliphatic heterocycles. The lowest BCUT2D eigenvalue weighted by Crippen LogP contribution is -2.41. The molecule has 0 spiro atoms. The van der Waals surface area contributed by atoms with Crippen molar-refractivity contribution in [3.63, 3.8) is 0 Å². The molecule has 7 nitrogen and oxygen atoms in total. The number of hydrogen-bond acceptors (Lipinski definition) is 5. The Labute approximate surface area is 154 Å². The van der Waals surface area contributed by atoms with Crippen LogP contribution < -0.4 is 0 Å². The Bertz CT molecular complexity index is 670. The Morgan fingerprint density at radius 2 is 2.20 bits per heavy atom. The monoisotopic (exact) mass is 386 g/mol. The zero-order chi connectivity index (χ0) is 18.4. The molecule has 0 radical (unpaired) electrons. The molecule has 1 fully saturated rings. The van der Waals surface area contributed by atoms with E-state index in [4.69, 9.17) is 16.7 Å². The molecule has 0 saturated carbocycles. The number of rotatable bonds is 7. The third kappa shape index (κ3) is 5.89. The van der Waals surface area contributed by atoms with E-state index in [1.54, 1.807) is 17.0 Å². The molecule has 1 heterocycles. The number of carbonyl (C=O) groups is 2. The molecule has 9 heteroatoms. The Balaban J connectivity index is 1.92. The average molecular weight is 387 g/mol. The molecule has 1 aliphatic rings. The van der Waals surface area contributed by atoms with Crippen LogP contribution in [0.15, 0.2) is 23.1 Å². The van der Waals surface area contributed by atoms with E-state index in [0.717, 1.165) is 24.6 Å². The highest BCUT2D eigenvalue weighted by atomic mass is 35.5. The van der Waals surface area contributed by atoms with Crippen LogP contribution in [0.2, 0.25) is 5.02 Å². The summed E-state index contributed by atoms with van der Waals surface area (Å²) >= 11 is 6.90. The fourth-order valence-electron chi connectivity index (χ4n) is 2.84. The number of piperidine rings is 1. The fourth-order valence-corrected chi connectivity index (χ4v) is 3.91. The van der Waals surface area contributed by atoms with Crippen LogP contribution in [0.25, 0.3) is 0 Å². The van der Waals surface area contributed by atoms with E-state index in [0.29, 0.717) is 24.4 Å². The highest BCUT2D eigenvalue weighted by molar-refractivity contribution is 8.00. The minimum Gasteiger partial charge on any atom is -0.481 e. The van der Waals surface area contributed by atoms with Crippen LogP contribution in [0.5, 0.6) is 0 Å². The van der Waals surface area contributed by atoms with Gasteiger partial charge in [-0.2, -0.15) is 0 Å². The quantitative estimate of drug-likeness (QED) is 0.437. The molecule has 0 bridgehead atoms. The maximum atomic E-state index is 12.4. The smallest absolute Gasteiger partial charge is 0.303 e. The van der Waals surface area contributed by atoms with Gasteiger partial charge >= 0.3 is 5.97 Å². The van der Waals surface area contributed by atoms with Crippen LogP contribution >= 0.6 is 23.4 Å². The second kappa shape index (κ2) is 9.05. The normalized spacial score (nSPS) is 17.3. The summed E-state index contributed by atoms with van der Waals surface area (Å²) in [7, 11) is 0. The van der Waals surface area contributed by atoms with Crippen molar-refractivity contribution in [3.05, 3.63) is 33.3 Å². The van der Waals surface area contributed by atoms with E-state index in [1.165, 1.54) is 6.07 Å². The van der Waals surface area contributed by atoms with Crippen LogP contribution in [0.4, 0.5) is 5.69 Å². The number of halogens is 1. The molecule has 1 aromatic carbocycles. The van der Waals surface area contributed by atoms with Gasteiger partial charge in [0, 0.05) is 30.6 Å². The van der Waals surface area contributed by atoms with Crippen molar-refractivity contribution in [2.24, 2.45) is 5.92 Å². The summed E-state index contributed by atoms with van der Waals surface area (Å²) in [6.45, 7) is 1.20. The van der Waals surface area contributed by atoms with Gasteiger partial charge in [0.1, 0.15) is 0 Å². The molecular weight excluding hydrogens is 368 g/mol. The van der Waals surface area contributed by atoms with Crippen molar-refractivity contribution in [2.75, 3.05) is 18.8 Å². The summed E-state index contributed by atoms with van der Waals surface area (Å²) in [6, 6.07) is 4.38. The Hall–Kier alpha value is -1.80. The molecule has 1 N–H and O–H groups in total. The van der Waals surface area contributed by atoms with E-state index >= 15 is 0 Å². The van der Waals surface area contributed by atoms with Crippen molar-refractivity contribution >= 4 is 40.9 Å². The van der Waals surface area contributed by atoms with Crippen LogP contribution in [-0.4, -0.2) is 45.6 Å². The zero-order valence-corrected chi connectivity index (χ0v) is 15.1. The van der Waals surface area contributed by atoms with Gasteiger partial charge in [-0.25, -0.2) is 0 Å². The number of thioether (sulfide) groups is 1. The fraction of sp³-hybridized carbons (Fsp3) is 0.500. The SMILES string of the molecule is O=C(O)CCC1CCCN(C(=O)CSc2ccc(Cl)cc2[N+](=O)[O-])C1. The molecule has 1 unspecified atom stereocenters. The van der Waals surface area contributed by atoms with Crippen LogP contribution in [0.1, 0.15) is 25.7 Å². The van der Waals surface area contributed by atoms with E-state index in [2.05, 4.69) is 0 Å². The number of nitro groups is 1. The van der Waals surface area contributed by atoms with Gasteiger partial charge in [0.25, 0.3) is 5.69 Å². The van der Waals surface area contributed by atoms with Gasteiger partial charge in [-0.1, -0.05) is 11.6 Å². The number of aliphatic carboxylic acids is 1. The first-order valence-electron chi connectivity index (χ1n) is 7.93. The lowest BCUT2D eigenvalue weighted by Gasteiger charge is -2.32. The summed E-state index contributed by atoms with van der Waals surface area (Å²) < 4.78 is 0. The van der Waals surface area contributed by atoms with Crippen LogP contribution in [0, 0.1) is 16.0 Å². The first-order chi connectivity index (χ1) is 11.9. The van der Waals surface area contributed by atoms with Crippen LogP contribution in [0.3, 0.4) is 0 Å². The maximum Gasteiger partial charge on any atom is 0.303 e. The third-order valence-electron chi connectivity index (χ3n) is 4.11. The number of carboxylic acid groups (broad SMARTS) is 1. The Morgan fingerprint density at radius 1 is 1.44 bits per heavy atom. The number of likely N-dealkylation sites (tertiary alicyclic amines) is 1. The number of carboxylic acids is 1. The second-order valence-corrected chi connectivity index (χ2v) is 7.39. The van der Waals surface area contributed by atoms with E-state index in [-0.39, 0.29) is 34.7 Å². The van der Waals surface area contributed by atoms with Crippen molar-refractivity contribution in [1.29, 1.82) is 0 Å². The first kappa shape index (κ1) is 19.5. The van der Waals surface area contributed by atoms with Crippen molar-refractivity contribution in [3.8, 4) is 0 Å². The summed E-state index contributed by atoms with van der Waals surface area (Å²) in [5.74, 6) is -0.610. The van der Waals surface area contributed by atoms with Gasteiger partial charge in [0.2, 0.25) is 5.91 Å². The Morgan fingerprint density at radius 3 is 2.88 bits per heavy atom. The summed E-state index contributed by atoms with van der Waals surface area (Å²) in [5.41, 5.74) is -0.108. The molecular formula is C16H19ClN2O5S. The molecule has 1 amide bonds. The molecule has 136 valence electrons. The number of carbonyl (C=O) groups excluding carboxylic acids is 1. The summed E-state index contributed by atoms with van der Waals surface area (Å²) in [4.78, 5) is 35.8. The minimum absolute atomic E-state index is 0.0886. The third-order valence-corrected chi connectivity index (χ3v) is 5.39. The minimum atomic E-state index is -0.825. The zero-order valence-electron chi connectivity index (χ0n) is 13.5. The average Bonchev–Trinajstić information content (AvgIpc) is 2.58. The number of nitrogens with zero attached hydrogens (tertiary/aromatic N) is 2. The van der Waals surface area contributed by atoms with Crippen molar-refractivity contribution < 1.29 is 19.6 Å². The lowest BCUT2D eigenvalue weighted by atomic mass is 9.93. The van der Waals surface area contributed by atoms with Crippen molar-refractivity contribution in [1.82, 2.24) is 4.90 Å². The van der Waals surface area contributed by atoms with Gasteiger partial charge < -0.3 is 10.0 Å². The van der Waals surface area contributed by atoms with E-state index < -0.39 is 10.9 Å². The largest absolute Gasteiger partial charge is 0.481 e. The van der Waals surface area contributed by atoms with E-state index in [1.807, 2.05) is 0 Å². The number of amides is 1. The highest BCUT2D eigenvalue weighted by Gasteiger charge is 2.25. The molecule has 1 aromatic rings. The Kier molecular flexibility index (Phi) is 7.07. The predicted molar refractivity (Wildman–Crippen MR) is 95.0 cm³/mol. The molecule has 25 heavy (non-hydrogen) atoms. The number of nitro benzene ring substituents is 1. The summed E-state index contributed by atoms with van der Waals surface area (Å²) in [5, 5.41) is 20.1. The molecule has 0 aromatic heterocycles. The standard InChI is InChI=1S/C16H19ClN2O5S/c17-12-4-5-14(13(8-12)19(23)24)25-10-15(20)18-7-1-2-11(9-18)3-6-16(21)22/h4-5,8,11H,1-3,6-7,9-10H2,(H,21,22). The predicted octanol–water partition coefficient (Wildman–Crippen LogP) is 3.44. The molecule has 1 atom stereocenters. The highest BCUT2D eigenvalue weighted by Crippen LogP contribution is 2.32. The molecule has 0 aliphatic carbocycles. The molecule has 2 rings (SSSR count). The second-order valence-electron chi connectivity index (χ2n) is 5.94. The van der Waals surface area contributed by atoms with Gasteiger partial charge in [-0.3, -0.25) is 19.7 Å². The van der Waals surface area contributed by atoms with Crippen molar-refractivity contribution in [2.45, 2.75) is 30.6 Å². The summed E-state index contributed by atoms with van der Waals surface area (Å²) in [6.07, 6.45) is 2.45. The lowest BCUT2D eigenvalue weighted by molar-refractivity contribution is -0.387. The van der Waals surface area contributed by atoms with Gasteiger partial charge in [0.15, 0.2) is 0 Å². The first-order valence-corrected chi connectivity index (χ1v) is 9.29. The number of hydrogen-bond donors (Lipinski definition) is 1.